The minimum Gasteiger partial charge on any atom is -0.382 e. The largest absolute Gasteiger partial charge is 0.382 e. The first-order valence-corrected chi connectivity index (χ1v) is 6.82. The molecule has 2 N–H and O–H groups in total. The van der Waals surface area contributed by atoms with Crippen LogP contribution >= 0.6 is 0 Å². The van der Waals surface area contributed by atoms with Crippen molar-refractivity contribution >= 4 is 5.82 Å². The molecule has 1 heterocycles. The van der Waals surface area contributed by atoms with Gasteiger partial charge in [0.05, 0.1) is 5.69 Å². The van der Waals surface area contributed by atoms with Gasteiger partial charge in [-0.25, -0.2) is 13.5 Å². The van der Waals surface area contributed by atoms with Gasteiger partial charge in [0, 0.05) is 5.56 Å². The van der Waals surface area contributed by atoms with Gasteiger partial charge in [0.1, 0.15) is 34.8 Å². The van der Waals surface area contributed by atoms with Gasteiger partial charge in [-0.3, -0.25) is 0 Å². The number of nitriles is 1. The van der Waals surface area contributed by atoms with Crippen molar-refractivity contribution in [2.75, 3.05) is 5.73 Å². The molecule has 0 amide bonds. The summed E-state index contributed by atoms with van der Waals surface area (Å²) >= 11 is 0. The van der Waals surface area contributed by atoms with Crippen molar-refractivity contribution in [3.63, 3.8) is 0 Å². The molecular weight excluding hydrogens is 298 g/mol. The molecule has 6 heteroatoms. The molecular formula is C17H12F2N4. The van der Waals surface area contributed by atoms with E-state index in [4.69, 9.17) is 5.73 Å². The molecule has 0 unspecified atom stereocenters. The fourth-order valence-electron chi connectivity index (χ4n) is 2.35. The maximum Gasteiger partial charge on any atom is 0.145 e. The summed E-state index contributed by atoms with van der Waals surface area (Å²) in [6, 6.07) is 11.8. The molecule has 0 spiro atoms. The first kappa shape index (κ1) is 14.7. The molecule has 0 radical (unpaired) electrons. The molecule has 1 aromatic heterocycles. The third-order valence-corrected chi connectivity index (χ3v) is 3.55. The molecule has 0 saturated carbocycles. The lowest BCUT2D eigenvalue weighted by atomic mass is 10.1. The Kier molecular flexibility index (Phi) is 3.54. The van der Waals surface area contributed by atoms with E-state index in [0.717, 1.165) is 5.56 Å². The van der Waals surface area contributed by atoms with Crippen LogP contribution in [0.3, 0.4) is 0 Å². The summed E-state index contributed by atoms with van der Waals surface area (Å²) < 4.78 is 27.9. The van der Waals surface area contributed by atoms with Crippen molar-refractivity contribution < 1.29 is 8.78 Å². The second-order valence-electron chi connectivity index (χ2n) is 5.07. The number of aryl methyl sites for hydroxylation is 1. The summed E-state index contributed by atoms with van der Waals surface area (Å²) in [5, 5.41) is 13.7. The number of nitrogens with two attached hydrogens (primary N) is 1. The predicted octanol–water partition coefficient (Wildman–Crippen LogP) is 3.58. The van der Waals surface area contributed by atoms with Gasteiger partial charge in [0.15, 0.2) is 0 Å². The van der Waals surface area contributed by atoms with Gasteiger partial charge in [-0.2, -0.15) is 10.4 Å². The van der Waals surface area contributed by atoms with Crippen LogP contribution < -0.4 is 5.73 Å². The topological polar surface area (TPSA) is 67.6 Å². The van der Waals surface area contributed by atoms with Crippen LogP contribution in [0.2, 0.25) is 0 Å². The summed E-state index contributed by atoms with van der Waals surface area (Å²) in [6.07, 6.45) is 0. The number of anilines is 1. The van der Waals surface area contributed by atoms with E-state index >= 15 is 0 Å². The van der Waals surface area contributed by atoms with E-state index < -0.39 is 5.82 Å². The van der Waals surface area contributed by atoms with Gasteiger partial charge >= 0.3 is 0 Å². The van der Waals surface area contributed by atoms with E-state index in [-0.39, 0.29) is 17.2 Å². The molecule has 4 nitrogen and oxygen atoms in total. The van der Waals surface area contributed by atoms with Gasteiger partial charge in [0.25, 0.3) is 0 Å². The van der Waals surface area contributed by atoms with Crippen molar-refractivity contribution in [2.24, 2.45) is 0 Å². The normalized spacial score (nSPS) is 10.5. The van der Waals surface area contributed by atoms with Crippen LogP contribution in [0.5, 0.6) is 0 Å². The van der Waals surface area contributed by atoms with Crippen molar-refractivity contribution in [2.45, 2.75) is 6.92 Å². The zero-order valence-corrected chi connectivity index (χ0v) is 12.2. The average Bonchev–Trinajstić information content (AvgIpc) is 2.87. The number of hydrogen-bond donors (Lipinski definition) is 1. The smallest absolute Gasteiger partial charge is 0.145 e. The second kappa shape index (κ2) is 5.54. The zero-order chi connectivity index (χ0) is 16.6. The van der Waals surface area contributed by atoms with E-state index in [1.54, 1.807) is 13.0 Å². The van der Waals surface area contributed by atoms with Gasteiger partial charge in [0.2, 0.25) is 0 Å². The molecule has 0 saturated heterocycles. The van der Waals surface area contributed by atoms with E-state index in [1.807, 2.05) is 6.07 Å². The molecule has 0 aliphatic heterocycles. The summed E-state index contributed by atoms with van der Waals surface area (Å²) in [4.78, 5) is 0. The number of aromatic nitrogens is 2. The van der Waals surface area contributed by atoms with E-state index in [9.17, 15) is 14.0 Å². The number of halogens is 2. The lowest BCUT2D eigenvalue weighted by Crippen LogP contribution is -2.04. The Morgan fingerprint density at radius 1 is 1.09 bits per heavy atom. The second-order valence-corrected chi connectivity index (χ2v) is 5.07. The van der Waals surface area contributed by atoms with Crippen LogP contribution in [-0.4, -0.2) is 9.78 Å². The fourth-order valence-corrected chi connectivity index (χ4v) is 2.35. The van der Waals surface area contributed by atoms with Crippen LogP contribution in [0.1, 0.15) is 11.1 Å². The summed E-state index contributed by atoms with van der Waals surface area (Å²) in [6.45, 7) is 1.79. The Balaban J connectivity index is 2.23. The lowest BCUT2D eigenvalue weighted by Gasteiger charge is -2.07. The molecule has 23 heavy (non-hydrogen) atoms. The van der Waals surface area contributed by atoms with Crippen LogP contribution in [0.25, 0.3) is 16.9 Å². The number of nitrogens with zero attached hydrogens (tertiary/aromatic N) is 3. The van der Waals surface area contributed by atoms with Gasteiger partial charge in [-0.05, 0) is 48.9 Å². The van der Waals surface area contributed by atoms with E-state index in [2.05, 4.69) is 5.10 Å². The molecule has 3 rings (SSSR count). The van der Waals surface area contributed by atoms with Gasteiger partial charge in [-0.15, -0.1) is 0 Å². The predicted molar refractivity (Wildman–Crippen MR) is 82.8 cm³/mol. The van der Waals surface area contributed by atoms with Crippen LogP contribution in [0.15, 0.2) is 42.5 Å². The van der Waals surface area contributed by atoms with Crippen LogP contribution in [0.4, 0.5) is 14.6 Å². The number of nitrogen functional groups attached to an aromatic ring is 1. The highest BCUT2D eigenvalue weighted by atomic mass is 19.1. The zero-order valence-electron chi connectivity index (χ0n) is 12.2. The Morgan fingerprint density at radius 2 is 1.74 bits per heavy atom. The molecule has 0 atom stereocenters. The average molecular weight is 310 g/mol. The minimum absolute atomic E-state index is 0.112. The summed E-state index contributed by atoms with van der Waals surface area (Å²) in [5.74, 6) is -0.705. The SMILES string of the molecule is Cc1ccc(F)cc1-n1nc(-c2ccc(F)cc2)c(C#N)c1N. The Hall–Kier alpha value is -3.20. The Labute approximate surface area is 131 Å². The molecule has 2 aromatic carbocycles. The molecule has 0 fully saturated rings. The van der Waals surface area contributed by atoms with Gasteiger partial charge < -0.3 is 5.73 Å². The minimum atomic E-state index is -0.428. The van der Waals surface area contributed by atoms with Crippen molar-refractivity contribution in [1.29, 1.82) is 5.26 Å². The van der Waals surface area contributed by atoms with Crippen molar-refractivity contribution in [3.8, 4) is 23.0 Å². The highest BCUT2D eigenvalue weighted by Crippen LogP contribution is 2.29. The third kappa shape index (κ3) is 2.53. The molecule has 0 bridgehead atoms. The maximum absolute atomic E-state index is 13.5. The maximum atomic E-state index is 13.5. The lowest BCUT2D eigenvalue weighted by molar-refractivity contribution is 0.625. The van der Waals surface area contributed by atoms with Crippen LogP contribution in [-0.2, 0) is 0 Å². The molecule has 114 valence electrons. The molecule has 0 aliphatic carbocycles. The number of hydrogen-bond acceptors (Lipinski definition) is 3. The summed E-state index contributed by atoms with van der Waals surface area (Å²) in [7, 11) is 0. The Morgan fingerprint density at radius 3 is 2.39 bits per heavy atom. The molecule has 3 aromatic rings. The van der Waals surface area contributed by atoms with Crippen molar-refractivity contribution in [3.05, 3.63) is 65.2 Å². The highest BCUT2D eigenvalue weighted by Gasteiger charge is 2.19. The third-order valence-electron chi connectivity index (χ3n) is 3.55. The standard InChI is InChI=1S/C17H12F2N4/c1-10-2-5-13(19)8-15(10)23-17(21)14(9-20)16(22-23)11-3-6-12(18)7-4-11/h2-8H,21H2,1H3. The van der Waals surface area contributed by atoms with Crippen molar-refractivity contribution in [1.82, 2.24) is 9.78 Å². The summed E-state index contributed by atoms with van der Waals surface area (Å²) in [5.41, 5.74) is 8.28. The van der Waals surface area contributed by atoms with Crippen LogP contribution in [0, 0.1) is 29.9 Å². The quantitative estimate of drug-likeness (QED) is 0.786. The van der Waals surface area contributed by atoms with Gasteiger partial charge in [-0.1, -0.05) is 6.07 Å². The first-order chi connectivity index (χ1) is 11.0. The fraction of sp³-hybridized carbons (Fsp3) is 0.0588. The number of rotatable bonds is 2. The highest BCUT2D eigenvalue weighted by molar-refractivity contribution is 5.74. The van der Waals surface area contributed by atoms with E-state index in [1.165, 1.54) is 41.1 Å². The first-order valence-electron chi connectivity index (χ1n) is 6.82. The molecule has 0 aliphatic rings. The monoisotopic (exact) mass is 310 g/mol. The number of benzene rings is 2. The van der Waals surface area contributed by atoms with E-state index in [0.29, 0.717) is 16.9 Å². The Bertz CT molecular complexity index is 921.